The van der Waals surface area contributed by atoms with Crippen LogP contribution in [0, 0.1) is 12.8 Å². The van der Waals surface area contributed by atoms with Crippen LogP contribution in [0.3, 0.4) is 0 Å². The summed E-state index contributed by atoms with van der Waals surface area (Å²) in [6, 6.07) is 4.32. The zero-order valence-electron chi connectivity index (χ0n) is 13.5. The van der Waals surface area contributed by atoms with Gasteiger partial charge in [0.15, 0.2) is 0 Å². The molecule has 0 bridgehead atoms. The van der Waals surface area contributed by atoms with Gasteiger partial charge in [-0.25, -0.2) is 17.9 Å². The van der Waals surface area contributed by atoms with Gasteiger partial charge in [0.05, 0.1) is 17.6 Å². The number of ether oxygens (including phenoxy) is 1. The Morgan fingerprint density at radius 2 is 2.09 bits per heavy atom. The molecule has 0 aliphatic carbocycles. The number of aryl methyl sites for hydroxylation is 1. The maximum absolute atomic E-state index is 12.6. The number of carbonyl (C=O) groups is 1. The summed E-state index contributed by atoms with van der Waals surface area (Å²) in [6.45, 7) is 5.25. The normalized spacial score (nSPS) is 21.3. The van der Waals surface area contributed by atoms with Gasteiger partial charge in [-0.3, -0.25) is 0 Å². The highest BCUT2D eigenvalue weighted by molar-refractivity contribution is 7.89. The van der Waals surface area contributed by atoms with Crippen LogP contribution in [-0.2, 0) is 14.8 Å². The van der Waals surface area contributed by atoms with Gasteiger partial charge in [0.2, 0.25) is 10.0 Å². The van der Waals surface area contributed by atoms with Crippen LogP contribution in [0.2, 0.25) is 0 Å². The molecule has 1 heterocycles. The lowest BCUT2D eigenvalue weighted by Gasteiger charge is -2.30. The van der Waals surface area contributed by atoms with Crippen molar-refractivity contribution in [3.63, 3.8) is 0 Å². The Balaban J connectivity index is 0.00000264. The minimum Gasteiger partial charge on any atom is -0.465 e. The third kappa shape index (κ3) is 4.67. The van der Waals surface area contributed by atoms with Crippen molar-refractivity contribution in [2.24, 2.45) is 5.92 Å². The summed E-state index contributed by atoms with van der Waals surface area (Å²) in [5.74, 6) is -0.198. The van der Waals surface area contributed by atoms with Gasteiger partial charge in [-0.05, 0) is 49.6 Å². The van der Waals surface area contributed by atoms with E-state index in [1.807, 2.05) is 6.92 Å². The van der Waals surface area contributed by atoms with E-state index in [0.29, 0.717) is 17.7 Å². The molecule has 2 unspecified atom stereocenters. The van der Waals surface area contributed by atoms with Gasteiger partial charge in [0, 0.05) is 12.6 Å². The van der Waals surface area contributed by atoms with Crippen molar-refractivity contribution in [1.29, 1.82) is 0 Å². The van der Waals surface area contributed by atoms with E-state index in [2.05, 4.69) is 14.8 Å². The number of carbonyl (C=O) groups excluding carboxylic acids is 1. The van der Waals surface area contributed by atoms with Crippen molar-refractivity contribution in [2.75, 3.05) is 20.2 Å². The molecule has 6 nitrogen and oxygen atoms in total. The average molecular weight is 363 g/mol. The molecule has 2 N–H and O–H groups in total. The number of rotatable bonds is 4. The third-order valence-electron chi connectivity index (χ3n) is 4.02. The second-order valence-corrected chi connectivity index (χ2v) is 7.35. The number of piperidine rings is 1. The Labute approximate surface area is 143 Å². The van der Waals surface area contributed by atoms with Crippen LogP contribution in [0.15, 0.2) is 23.1 Å². The van der Waals surface area contributed by atoms with Crippen LogP contribution in [0.5, 0.6) is 0 Å². The molecule has 0 aromatic heterocycles. The SMILES string of the molecule is COC(=O)c1ccc(S(=O)(=O)NC2CNCCC2C)c(C)c1.Cl. The number of benzene rings is 1. The standard InChI is InChI=1S/C15H22N2O4S.ClH/c1-10-6-7-16-9-13(10)17-22(19,20)14-5-4-12(8-11(14)2)15(18)21-3;/h4-5,8,10,13,16-17H,6-7,9H2,1-3H3;1H. The minimum absolute atomic E-state index is 0. The lowest BCUT2D eigenvalue weighted by molar-refractivity contribution is 0.0600. The second kappa shape index (κ2) is 8.10. The van der Waals surface area contributed by atoms with E-state index in [-0.39, 0.29) is 29.3 Å². The molecule has 23 heavy (non-hydrogen) atoms. The predicted octanol–water partition coefficient (Wildman–Crippen LogP) is 1.48. The van der Waals surface area contributed by atoms with Crippen molar-refractivity contribution in [2.45, 2.75) is 31.2 Å². The molecule has 1 aromatic rings. The second-order valence-electron chi connectivity index (χ2n) is 5.67. The van der Waals surface area contributed by atoms with E-state index >= 15 is 0 Å². The van der Waals surface area contributed by atoms with E-state index in [1.165, 1.54) is 25.3 Å². The average Bonchev–Trinajstić information content (AvgIpc) is 2.48. The van der Waals surface area contributed by atoms with Crippen LogP contribution < -0.4 is 10.0 Å². The minimum atomic E-state index is -3.61. The number of methoxy groups -OCH3 is 1. The zero-order valence-corrected chi connectivity index (χ0v) is 15.1. The number of nitrogens with one attached hydrogen (secondary N) is 2. The maximum Gasteiger partial charge on any atom is 0.337 e. The first-order chi connectivity index (χ1) is 10.3. The summed E-state index contributed by atoms with van der Waals surface area (Å²) in [5, 5.41) is 3.20. The zero-order chi connectivity index (χ0) is 16.3. The Morgan fingerprint density at radius 1 is 1.39 bits per heavy atom. The van der Waals surface area contributed by atoms with Crippen LogP contribution in [0.25, 0.3) is 0 Å². The molecule has 1 aliphatic heterocycles. The van der Waals surface area contributed by atoms with Gasteiger partial charge in [-0.2, -0.15) is 0 Å². The van der Waals surface area contributed by atoms with Gasteiger partial charge in [0.1, 0.15) is 0 Å². The van der Waals surface area contributed by atoms with Crippen molar-refractivity contribution in [1.82, 2.24) is 10.0 Å². The highest BCUT2D eigenvalue weighted by Crippen LogP contribution is 2.20. The summed E-state index contributed by atoms with van der Waals surface area (Å²) < 4.78 is 32.5. The summed E-state index contributed by atoms with van der Waals surface area (Å²) in [6.07, 6.45) is 0.938. The van der Waals surface area contributed by atoms with Crippen molar-refractivity contribution >= 4 is 28.4 Å². The molecule has 0 spiro atoms. The number of sulfonamides is 1. The lowest BCUT2D eigenvalue weighted by atomic mass is 9.96. The van der Waals surface area contributed by atoms with E-state index in [0.717, 1.165) is 13.0 Å². The molecule has 1 saturated heterocycles. The monoisotopic (exact) mass is 362 g/mol. The first-order valence-electron chi connectivity index (χ1n) is 7.27. The molecule has 1 aliphatic rings. The topological polar surface area (TPSA) is 84.5 Å². The van der Waals surface area contributed by atoms with Gasteiger partial charge >= 0.3 is 5.97 Å². The number of esters is 1. The van der Waals surface area contributed by atoms with E-state index < -0.39 is 16.0 Å². The lowest BCUT2D eigenvalue weighted by Crippen LogP contribution is -2.50. The Hall–Kier alpha value is -1.15. The van der Waals surface area contributed by atoms with E-state index in [4.69, 9.17) is 0 Å². The molecule has 2 atom stereocenters. The highest BCUT2D eigenvalue weighted by Gasteiger charge is 2.27. The fourth-order valence-corrected chi connectivity index (χ4v) is 4.18. The van der Waals surface area contributed by atoms with Crippen molar-refractivity contribution in [3.05, 3.63) is 29.3 Å². The van der Waals surface area contributed by atoms with Gasteiger partial charge in [0.25, 0.3) is 0 Å². The Morgan fingerprint density at radius 3 is 2.65 bits per heavy atom. The Kier molecular flexibility index (Phi) is 7.01. The molecule has 2 rings (SSSR count). The first-order valence-corrected chi connectivity index (χ1v) is 8.75. The van der Waals surface area contributed by atoms with Crippen LogP contribution in [-0.4, -0.2) is 40.6 Å². The van der Waals surface area contributed by atoms with Crippen LogP contribution >= 0.6 is 12.4 Å². The van der Waals surface area contributed by atoms with E-state index in [9.17, 15) is 13.2 Å². The molecule has 0 radical (unpaired) electrons. The molecule has 1 fully saturated rings. The molecule has 8 heteroatoms. The summed E-state index contributed by atoms with van der Waals surface area (Å²) in [7, 11) is -2.32. The van der Waals surface area contributed by atoms with Crippen LogP contribution in [0.4, 0.5) is 0 Å². The van der Waals surface area contributed by atoms with Gasteiger partial charge in [-0.1, -0.05) is 6.92 Å². The summed E-state index contributed by atoms with van der Waals surface area (Å²) in [4.78, 5) is 11.7. The highest BCUT2D eigenvalue weighted by atomic mass is 35.5. The van der Waals surface area contributed by atoms with Gasteiger partial charge in [-0.15, -0.1) is 12.4 Å². The van der Waals surface area contributed by atoms with E-state index in [1.54, 1.807) is 6.92 Å². The predicted molar refractivity (Wildman–Crippen MR) is 90.5 cm³/mol. The maximum atomic E-state index is 12.6. The fourth-order valence-electron chi connectivity index (χ4n) is 2.61. The van der Waals surface area contributed by atoms with Crippen molar-refractivity contribution in [3.8, 4) is 0 Å². The first kappa shape index (κ1) is 19.9. The summed E-state index contributed by atoms with van der Waals surface area (Å²) in [5.41, 5.74) is 0.860. The quantitative estimate of drug-likeness (QED) is 0.792. The smallest absolute Gasteiger partial charge is 0.337 e. The molecule has 0 amide bonds. The number of hydrogen-bond acceptors (Lipinski definition) is 5. The number of halogens is 1. The molecular weight excluding hydrogens is 340 g/mol. The molecular formula is C15H23ClN2O4S. The largest absolute Gasteiger partial charge is 0.465 e. The van der Waals surface area contributed by atoms with Gasteiger partial charge < -0.3 is 10.1 Å². The molecule has 130 valence electrons. The number of hydrogen-bond donors (Lipinski definition) is 2. The van der Waals surface area contributed by atoms with Crippen molar-refractivity contribution < 1.29 is 17.9 Å². The summed E-state index contributed by atoms with van der Waals surface area (Å²) >= 11 is 0. The van der Waals surface area contributed by atoms with Crippen LogP contribution in [0.1, 0.15) is 29.3 Å². The third-order valence-corrected chi connectivity index (χ3v) is 5.67. The fraction of sp³-hybridized carbons (Fsp3) is 0.533. The molecule has 1 aromatic carbocycles. The Bertz CT molecular complexity index is 663. The molecule has 0 saturated carbocycles.